The number of unbranched alkanes of at least 4 members (excludes halogenated alkanes) is 1. The minimum Gasteiger partial charge on any atom is -0.469 e. The van der Waals surface area contributed by atoms with Gasteiger partial charge in [-0.3, -0.25) is 4.79 Å². The second-order valence-electron chi connectivity index (χ2n) is 9.45. The first-order chi connectivity index (χ1) is 14.1. The third-order valence-electron chi connectivity index (χ3n) is 6.74. The largest absolute Gasteiger partial charge is 0.469 e. The second kappa shape index (κ2) is 11.6. The molecule has 1 heterocycles. The number of carbonyl (C=O) groups excluding carboxylic acids is 1. The number of aliphatic hydroxyl groups excluding tert-OH is 2. The molecule has 1 aliphatic carbocycles. The van der Waals surface area contributed by atoms with Gasteiger partial charge in [0.05, 0.1) is 25.4 Å². The first-order valence-corrected chi connectivity index (χ1v) is 12.4. The number of esters is 1. The van der Waals surface area contributed by atoms with Crippen LogP contribution in [0, 0.1) is 17.3 Å². The van der Waals surface area contributed by atoms with Crippen molar-refractivity contribution in [2.75, 3.05) is 7.11 Å². The molecule has 0 aromatic heterocycles. The molecule has 0 radical (unpaired) electrons. The zero-order valence-corrected chi connectivity index (χ0v) is 20.8. The van der Waals surface area contributed by atoms with Gasteiger partial charge in [-0.25, -0.2) is 4.39 Å². The fourth-order valence-corrected chi connectivity index (χ4v) is 5.65. The number of hydrogen-bond acceptors (Lipinski definition) is 5. The van der Waals surface area contributed by atoms with Crippen molar-refractivity contribution in [3.05, 3.63) is 12.2 Å². The van der Waals surface area contributed by atoms with Crippen LogP contribution in [0.1, 0.15) is 65.7 Å². The summed E-state index contributed by atoms with van der Waals surface area (Å²) in [4.78, 5) is 11.3. The molecule has 2 rings (SSSR count). The predicted molar refractivity (Wildman–Crippen MR) is 123 cm³/mol. The lowest BCUT2D eigenvalue weighted by Gasteiger charge is -2.29. The quantitative estimate of drug-likeness (QED) is 0.176. The van der Waals surface area contributed by atoms with E-state index in [-0.39, 0.29) is 27.3 Å². The fourth-order valence-electron chi connectivity index (χ4n) is 4.64. The van der Waals surface area contributed by atoms with E-state index >= 15 is 4.39 Å². The maximum atomic E-state index is 15.4. The van der Waals surface area contributed by atoms with E-state index in [1.54, 1.807) is 6.08 Å². The summed E-state index contributed by atoms with van der Waals surface area (Å²) < 4.78 is 26.0. The Morgan fingerprint density at radius 2 is 2.10 bits per heavy atom. The van der Waals surface area contributed by atoms with Gasteiger partial charge in [0.2, 0.25) is 0 Å². The molecule has 0 aromatic carbocycles. The smallest absolute Gasteiger partial charge is 0.305 e. The zero-order chi connectivity index (χ0) is 22.5. The molecule has 1 aliphatic heterocycles. The van der Waals surface area contributed by atoms with Crippen LogP contribution < -0.4 is 0 Å². The molecule has 0 aromatic rings. The molecule has 2 fully saturated rings. The highest BCUT2D eigenvalue weighted by Gasteiger charge is 2.56. The van der Waals surface area contributed by atoms with Crippen LogP contribution in [0.4, 0.5) is 4.39 Å². The first-order valence-electron chi connectivity index (χ1n) is 11.2. The Kier molecular flexibility index (Phi) is 10.0. The normalized spacial score (nSPS) is 33.6. The van der Waals surface area contributed by atoms with E-state index in [2.05, 4.69) is 34.3 Å². The van der Waals surface area contributed by atoms with Crippen LogP contribution in [-0.2, 0) is 14.3 Å². The maximum Gasteiger partial charge on any atom is 0.305 e. The van der Waals surface area contributed by atoms with Gasteiger partial charge in [0, 0.05) is 28.6 Å². The molecule has 5 nitrogen and oxygen atoms in total. The molecule has 0 amide bonds. The van der Waals surface area contributed by atoms with Crippen LogP contribution >= 0.6 is 22.6 Å². The molecular formula is C23H38FIO5. The first kappa shape index (κ1) is 26.0. The topological polar surface area (TPSA) is 76.0 Å². The van der Waals surface area contributed by atoms with Gasteiger partial charge in [-0.15, -0.1) is 0 Å². The van der Waals surface area contributed by atoms with Crippen LogP contribution in [0.5, 0.6) is 0 Å². The summed E-state index contributed by atoms with van der Waals surface area (Å²) in [6.07, 6.45) is 5.31. The van der Waals surface area contributed by atoms with E-state index in [0.717, 1.165) is 19.3 Å². The Labute approximate surface area is 193 Å². The van der Waals surface area contributed by atoms with Crippen molar-refractivity contribution in [2.24, 2.45) is 17.3 Å². The Hall–Kier alpha value is -0.250. The van der Waals surface area contributed by atoms with Crippen molar-refractivity contribution in [1.82, 2.24) is 0 Å². The number of carbonyl (C=O) groups is 1. The van der Waals surface area contributed by atoms with Gasteiger partial charge in [-0.05, 0) is 24.7 Å². The summed E-state index contributed by atoms with van der Waals surface area (Å²) in [7, 11) is 1.36. The monoisotopic (exact) mass is 540 g/mol. The maximum absolute atomic E-state index is 15.4. The molecule has 2 unspecified atom stereocenters. The number of fused-ring (bicyclic) bond motifs is 1. The minimum atomic E-state index is -1.17. The standard InChI is InChI=1S/C23H38FIO5/c1-5-6-12-23(2,3)18(27)11-10-14-16(26)13-17-20(14)21(24)22(30-17)15(25)8-7-9-19(28)29-4/h10-11,14-18,20-22,26-27H,5-9,12-13H2,1-4H3/b11-10+/t14-,15?,16+,17-,18+,20+,21+,22?/m0/s1. The Bertz CT molecular complexity index is 584. The summed E-state index contributed by atoms with van der Waals surface area (Å²) in [5.41, 5.74) is -0.258. The van der Waals surface area contributed by atoms with Crippen molar-refractivity contribution in [3.8, 4) is 0 Å². The third kappa shape index (κ3) is 6.39. The van der Waals surface area contributed by atoms with E-state index < -0.39 is 30.4 Å². The lowest BCUT2D eigenvalue weighted by molar-refractivity contribution is -0.140. The summed E-state index contributed by atoms with van der Waals surface area (Å²) in [5.74, 6) is -1.01. The number of ether oxygens (including phenoxy) is 2. The van der Waals surface area contributed by atoms with Gasteiger partial charge in [-0.2, -0.15) is 0 Å². The molecule has 1 saturated heterocycles. The molecule has 174 valence electrons. The Balaban J connectivity index is 1.97. The number of aliphatic hydroxyl groups is 2. The Morgan fingerprint density at radius 1 is 1.40 bits per heavy atom. The predicted octanol–water partition coefficient (Wildman–Crippen LogP) is 4.37. The average molecular weight is 540 g/mol. The lowest BCUT2D eigenvalue weighted by atomic mass is 9.80. The summed E-state index contributed by atoms with van der Waals surface area (Å²) in [5, 5.41) is 21.1. The molecule has 8 atom stereocenters. The molecule has 7 heteroatoms. The lowest BCUT2D eigenvalue weighted by Crippen LogP contribution is -2.34. The molecule has 2 aliphatic rings. The van der Waals surface area contributed by atoms with Crippen molar-refractivity contribution >= 4 is 28.6 Å². The molecule has 1 saturated carbocycles. The summed E-state index contributed by atoms with van der Waals surface area (Å²) in [6.45, 7) is 6.20. The van der Waals surface area contributed by atoms with Gasteiger partial charge in [-0.1, -0.05) is 68.4 Å². The van der Waals surface area contributed by atoms with Crippen molar-refractivity contribution in [1.29, 1.82) is 0 Å². The molecule has 0 spiro atoms. The SMILES string of the molecule is CCCCC(C)(C)[C@H](O)/C=C/[C@@H]1[C@@H]2[C@H](C[C@H]1O)OC(C(I)CCCC(=O)OC)[C@@H]2F. The van der Waals surface area contributed by atoms with E-state index in [9.17, 15) is 15.0 Å². The molecular weight excluding hydrogens is 502 g/mol. The number of alkyl halides is 2. The third-order valence-corrected chi connectivity index (χ3v) is 8.07. The average Bonchev–Trinajstić information content (AvgIpc) is 3.19. The van der Waals surface area contributed by atoms with E-state index in [1.807, 2.05) is 19.9 Å². The van der Waals surface area contributed by atoms with Crippen molar-refractivity contribution < 1.29 is 28.9 Å². The van der Waals surface area contributed by atoms with E-state index in [4.69, 9.17) is 4.74 Å². The van der Waals surface area contributed by atoms with Crippen LogP contribution in [0.2, 0.25) is 0 Å². The van der Waals surface area contributed by atoms with Crippen molar-refractivity contribution in [2.45, 2.75) is 100 Å². The molecule has 30 heavy (non-hydrogen) atoms. The van der Waals surface area contributed by atoms with Crippen LogP contribution in [0.3, 0.4) is 0 Å². The van der Waals surface area contributed by atoms with Gasteiger partial charge in [0.1, 0.15) is 12.3 Å². The molecule has 0 bridgehead atoms. The van der Waals surface area contributed by atoms with Crippen LogP contribution in [-0.4, -0.2) is 57.8 Å². The van der Waals surface area contributed by atoms with Gasteiger partial charge < -0.3 is 19.7 Å². The fraction of sp³-hybridized carbons (Fsp3) is 0.870. The number of hydrogen-bond donors (Lipinski definition) is 2. The van der Waals surface area contributed by atoms with E-state index in [0.29, 0.717) is 25.7 Å². The van der Waals surface area contributed by atoms with Crippen LogP contribution in [0.25, 0.3) is 0 Å². The Morgan fingerprint density at radius 3 is 2.73 bits per heavy atom. The number of rotatable bonds is 11. The number of methoxy groups -OCH3 is 1. The van der Waals surface area contributed by atoms with Crippen molar-refractivity contribution in [3.63, 3.8) is 0 Å². The highest BCUT2D eigenvalue weighted by Crippen LogP contribution is 2.48. The number of halogens is 2. The zero-order valence-electron chi connectivity index (χ0n) is 18.6. The van der Waals surface area contributed by atoms with Crippen LogP contribution in [0.15, 0.2) is 12.2 Å². The minimum absolute atomic E-state index is 0.0480. The summed E-state index contributed by atoms with van der Waals surface area (Å²) >= 11 is 2.21. The van der Waals surface area contributed by atoms with Gasteiger partial charge in [0.25, 0.3) is 0 Å². The highest BCUT2D eigenvalue weighted by molar-refractivity contribution is 14.1. The second-order valence-corrected chi connectivity index (χ2v) is 11.0. The van der Waals surface area contributed by atoms with Gasteiger partial charge in [0.15, 0.2) is 0 Å². The highest BCUT2D eigenvalue weighted by atomic mass is 127. The molecule has 2 N–H and O–H groups in total. The van der Waals surface area contributed by atoms with E-state index in [1.165, 1.54) is 7.11 Å². The van der Waals surface area contributed by atoms with Gasteiger partial charge >= 0.3 is 5.97 Å². The summed E-state index contributed by atoms with van der Waals surface area (Å²) in [6, 6.07) is 0.